The maximum absolute atomic E-state index is 8.87. The minimum absolute atomic E-state index is 0.196. The summed E-state index contributed by atoms with van der Waals surface area (Å²) < 4.78 is 32.1. The highest BCUT2D eigenvalue weighted by Gasteiger charge is 2.34. The summed E-state index contributed by atoms with van der Waals surface area (Å²) in [5, 5.41) is 0. The van der Waals surface area contributed by atoms with Crippen molar-refractivity contribution in [2.75, 3.05) is 0 Å². The Kier molecular flexibility index (Phi) is 2.40. The normalized spacial score (nSPS) is 47.3. The van der Waals surface area contributed by atoms with Crippen molar-refractivity contribution in [2.24, 2.45) is 29.1 Å². The molecule has 0 nitrogen and oxygen atoms in total. The van der Waals surface area contributed by atoms with Gasteiger partial charge in [0.15, 0.2) is 0 Å². The van der Waals surface area contributed by atoms with Crippen LogP contribution in [0.3, 0.4) is 0 Å². The third-order valence-corrected chi connectivity index (χ3v) is 5.02. The summed E-state index contributed by atoms with van der Waals surface area (Å²) in [5.74, 6) is 0.0140. The number of hydrogen-bond acceptors (Lipinski definition) is 0. The maximum Gasteiger partial charge on any atom is 0.0306 e. The quantitative estimate of drug-likeness (QED) is 0.571. The van der Waals surface area contributed by atoms with Gasteiger partial charge in [-0.2, -0.15) is 0 Å². The van der Waals surface area contributed by atoms with Crippen molar-refractivity contribution in [3.8, 4) is 0 Å². The smallest absolute Gasteiger partial charge is 0.0306 e. The van der Waals surface area contributed by atoms with Crippen molar-refractivity contribution >= 4 is 0 Å². The molecule has 0 aromatic heterocycles. The van der Waals surface area contributed by atoms with Crippen LogP contribution >= 0.6 is 0 Å². The Morgan fingerprint density at radius 3 is 2.38 bits per heavy atom. The Balaban J connectivity index is 2.06. The summed E-state index contributed by atoms with van der Waals surface area (Å²) in [4.78, 5) is 0. The Morgan fingerprint density at radius 2 is 1.75 bits per heavy atom. The van der Waals surface area contributed by atoms with Gasteiger partial charge in [-0.1, -0.05) is 34.0 Å². The third-order valence-electron chi connectivity index (χ3n) is 5.02. The van der Waals surface area contributed by atoms with E-state index in [1.807, 2.05) is 0 Å². The van der Waals surface area contributed by atoms with Crippen LogP contribution in [0.25, 0.3) is 0 Å². The summed E-state index contributed by atoms with van der Waals surface area (Å²) >= 11 is 0. The van der Waals surface area contributed by atoms with E-state index in [0.29, 0.717) is 11.3 Å². The van der Waals surface area contributed by atoms with Crippen LogP contribution in [0, 0.1) is 29.1 Å². The molecule has 0 spiro atoms. The second kappa shape index (κ2) is 4.70. The van der Waals surface area contributed by atoms with Gasteiger partial charge in [-0.15, -0.1) is 0 Å². The monoisotopic (exact) mass is 226 g/mol. The van der Waals surface area contributed by atoms with Crippen molar-refractivity contribution in [1.82, 2.24) is 0 Å². The zero-order valence-corrected chi connectivity index (χ0v) is 11.2. The van der Waals surface area contributed by atoms with Crippen molar-refractivity contribution in [2.45, 2.75) is 72.6 Å². The van der Waals surface area contributed by atoms with Crippen molar-refractivity contribution in [3.63, 3.8) is 0 Å². The minimum atomic E-state index is -1.84. The van der Waals surface area contributed by atoms with E-state index in [4.69, 9.17) is 5.48 Å². The average molecular weight is 226 g/mol. The highest BCUT2D eigenvalue weighted by molar-refractivity contribution is 4.85. The van der Waals surface area contributed by atoms with Crippen molar-refractivity contribution in [1.29, 1.82) is 0 Å². The van der Waals surface area contributed by atoms with Gasteiger partial charge in [-0.05, 0) is 67.6 Å². The van der Waals surface area contributed by atoms with Gasteiger partial charge in [0.2, 0.25) is 0 Å². The average Bonchev–Trinajstić information content (AvgIpc) is 2.32. The van der Waals surface area contributed by atoms with Crippen LogP contribution in [0.15, 0.2) is 0 Å². The first kappa shape index (κ1) is 8.16. The zero-order valence-electron chi connectivity index (χ0n) is 15.2. The highest BCUT2D eigenvalue weighted by atomic mass is 14.4. The largest absolute Gasteiger partial charge is 0.0623 e. The van der Waals surface area contributed by atoms with E-state index in [9.17, 15) is 0 Å². The van der Waals surface area contributed by atoms with Crippen molar-refractivity contribution in [3.05, 3.63) is 0 Å². The molecular weight excluding hydrogens is 192 g/mol. The van der Waals surface area contributed by atoms with Gasteiger partial charge >= 0.3 is 0 Å². The summed E-state index contributed by atoms with van der Waals surface area (Å²) in [7, 11) is 0. The Labute approximate surface area is 108 Å². The molecule has 0 radical (unpaired) electrons. The minimum Gasteiger partial charge on any atom is -0.0623 e. The van der Waals surface area contributed by atoms with Crippen LogP contribution in [-0.4, -0.2) is 0 Å². The van der Waals surface area contributed by atoms with Gasteiger partial charge in [0.1, 0.15) is 0 Å². The second-order valence-electron chi connectivity index (χ2n) is 6.92. The molecule has 2 fully saturated rings. The molecule has 2 aliphatic rings. The van der Waals surface area contributed by atoms with Gasteiger partial charge in [0.25, 0.3) is 0 Å². The van der Waals surface area contributed by atoms with Crippen LogP contribution in [0.2, 0.25) is 0 Å². The molecule has 0 heteroatoms. The fourth-order valence-corrected chi connectivity index (χ4v) is 3.35. The molecule has 2 aliphatic carbocycles. The van der Waals surface area contributed by atoms with Gasteiger partial charge in [-0.25, -0.2) is 0 Å². The molecule has 94 valence electrons. The SMILES string of the molecule is [2H]C([2H])([2H])C1CC(C2([2H])CCC(C)(C)CC2)CC[C@H]1C. The molecule has 0 bridgehead atoms. The summed E-state index contributed by atoms with van der Waals surface area (Å²) in [5.41, 5.74) is 0.371. The lowest BCUT2D eigenvalue weighted by atomic mass is 9.64. The predicted octanol–water partition coefficient (Wildman–Crippen LogP) is 5.28. The van der Waals surface area contributed by atoms with Gasteiger partial charge in [0.05, 0.1) is 0 Å². The first-order valence-electron chi connectivity index (χ1n) is 9.04. The molecule has 3 atom stereocenters. The molecule has 0 aliphatic heterocycles. The molecule has 0 aromatic rings. The molecule has 0 aromatic carbocycles. The second-order valence-corrected chi connectivity index (χ2v) is 6.92. The topological polar surface area (TPSA) is 0 Å². The standard InChI is InChI=1S/C16H30/c1-12-5-6-15(11-13(12)2)14-7-9-16(3,4)10-8-14/h12-15H,5-11H2,1-4H3/t12-,13?,15?/m1/s1/i2D3,14D. The lowest BCUT2D eigenvalue weighted by Crippen LogP contribution is -2.30. The fourth-order valence-electron chi connectivity index (χ4n) is 3.35. The molecule has 0 N–H and O–H groups in total. The van der Waals surface area contributed by atoms with Crippen molar-refractivity contribution < 1.29 is 5.48 Å². The zero-order chi connectivity index (χ0) is 15.2. The van der Waals surface area contributed by atoms with Crippen LogP contribution in [0.5, 0.6) is 0 Å². The van der Waals surface area contributed by atoms with E-state index in [-0.39, 0.29) is 17.7 Å². The number of hydrogen-bond donors (Lipinski definition) is 0. The van der Waals surface area contributed by atoms with Gasteiger partial charge in [0, 0.05) is 5.48 Å². The fraction of sp³-hybridized carbons (Fsp3) is 1.00. The van der Waals surface area contributed by atoms with E-state index in [0.717, 1.165) is 44.9 Å². The van der Waals surface area contributed by atoms with E-state index in [2.05, 4.69) is 20.8 Å². The van der Waals surface area contributed by atoms with Gasteiger partial charge < -0.3 is 0 Å². The molecule has 0 heterocycles. The van der Waals surface area contributed by atoms with Crippen LogP contribution in [0.4, 0.5) is 0 Å². The third kappa shape index (κ3) is 2.81. The summed E-state index contributed by atoms with van der Waals surface area (Å²) in [6.45, 7) is 4.82. The Hall–Kier alpha value is 0. The van der Waals surface area contributed by atoms with Crippen LogP contribution in [0.1, 0.15) is 78.1 Å². The van der Waals surface area contributed by atoms with Crippen LogP contribution < -0.4 is 0 Å². The summed E-state index contributed by atoms with van der Waals surface area (Å²) in [6.07, 6.45) is 6.90. The van der Waals surface area contributed by atoms with E-state index < -0.39 is 6.85 Å². The molecule has 2 rings (SSSR count). The van der Waals surface area contributed by atoms with E-state index in [1.165, 1.54) is 0 Å². The molecule has 2 saturated carbocycles. The Bertz CT molecular complexity index is 335. The maximum atomic E-state index is 8.87. The van der Waals surface area contributed by atoms with E-state index in [1.54, 1.807) is 0 Å². The molecule has 16 heavy (non-hydrogen) atoms. The lowest BCUT2D eigenvalue weighted by molar-refractivity contribution is 0.0945. The molecule has 2 unspecified atom stereocenters. The lowest BCUT2D eigenvalue weighted by Gasteiger charge is -2.42. The number of rotatable bonds is 1. The summed E-state index contributed by atoms with van der Waals surface area (Å²) in [6, 6.07) is 0. The first-order valence-corrected chi connectivity index (χ1v) is 7.04. The van der Waals surface area contributed by atoms with E-state index >= 15 is 0 Å². The predicted molar refractivity (Wildman–Crippen MR) is 71.4 cm³/mol. The Morgan fingerprint density at radius 1 is 1.06 bits per heavy atom. The molecule has 0 amide bonds. The highest BCUT2D eigenvalue weighted by Crippen LogP contribution is 2.46. The van der Waals surface area contributed by atoms with Gasteiger partial charge in [-0.3, -0.25) is 0 Å². The van der Waals surface area contributed by atoms with Crippen LogP contribution in [-0.2, 0) is 0 Å². The molecule has 0 saturated heterocycles. The first-order chi connectivity index (χ1) is 9.04. The molecular formula is C16H30.